The first-order chi connectivity index (χ1) is 10.7. The van der Waals surface area contributed by atoms with Crippen LogP contribution in [-0.2, 0) is 11.3 Å². The second kappa shape index (κ2) is 7.06. The first-order valence-corrected chi connectivity index (χ1v) is 8.56. The minimum absolute atomic E-state index is 0.0907. The Hall–Kier alpha value is -0.980. The lowest BCUT2D eigenvalue weighted by atomic mass is 9.83. The van der Waals surface area contributed by atoms with Crippen molar-refractivity contribution in [2.24, 2.45) is 5.73 Å². The number of methoxy groups -OCH3 is 1. The Kier molecular flexibility index (Phi) is 5.10. The molecule has 0 spiro atoms. The average Bonchev–Trinajstić information content (AvgIpc) is 3.17. The van der Waals surface area contributed by atoms with Gasteiger partial charge in [-0.25, -0.2) is 9.67 Å². The molecule has 1 heterocycles. The summed E-state index contributed by atoms with van der Waals surface area (Å²) in [6.07, 6.45) is 7.90. The molecule has 0 radical (unpaired) electrons. The van der Waals surface area contributed by atoms with Crippen LogP contribution in [0, 0.1) is 0 Å². The second-order valence-electron chi connectivity index (χ2n) is 6.70. The highest BCUT2D eigenvalue weighted by Crippen LogP contribution is 2.36. The van der Waals surface area contributed by atoms with Crippen LogP contribution in [-0.4, -0.2) is 45.7 Å². The van der Waals surface area contributed by atoms with Crippen LogP contribution in [0.5, 0.6) is 0 Å². The third kappa shape index (κ3) is 3.19. The summed E-state index contributed by atoms with van der Waals surface area (Å²) in [7, 11) is 1.73. The average molecular weight is 308 g/mol. The number of aliphatic hydroxyl groups excluding tert-OH is 1. The molecule has 2 aliphatic rings. The van der Waals surface area contributed by atoms with Crippen molar-refractivity contribution in [1.82, 2.24) is 14.8 Å². The van der Waals surface area contributed by atoms with Gasteiger partial charge in [0, 0.05) is 25.0 Å². The molecule has 124 valence electrons. The molecular formula is C16H28N4O2. The van der Waals surface area contributed by atoms with E-state index >= 15 is 0 Å². The van der Waals surface area contributed by atoms with Crippen molar-refractivity contribution in [2.75, 3.05) is 13.7 Å². The molecule has 3 rings (SSSR count). The van der Waals surface area contributed by atoms with Crippen LogP contribution < -0.4 is 5.73 Å². The van der Waals surface area contributed by atoms with Crippen molar-refractivity contribution < 1.29 is 9.84 Å². The van der Waals surface area contributed by atoms with E-state index in [1.165, 1.54) is 25.7 Å². The molecule has 0 saturated heterocycles. The minimum atomic E-state index is 0.0907. The van der Waals surface area contributed by atoms with Crippen LogP contribution in [0.3, 0.4) is 0 Å². The predicted molar refractivity (Wildman–Crippen MR) is 83.7 cm³/mol. The van der Waals surface area contributed by atoms with Gasteiger partial charge in [-0.1, -0.05) is 12.8 Å². The summed E-state index contributed by atoms with van der Waals surface area (Å²) in [4.78, 5) is 4.87. The molecule has 0 unspecified atom stereocenters. The summed E-state index contributed by atoms with van der Waals surface area (Å²) >= 11 is 0. The molecule has 2 saturated carbocycles. The zero-order valence-electron chi connectivity index (χ0n) is 13.4. The molecular weight excluding hydrogens is 280 g/mol. The first kappa shape index (κ1) is 15.9. The van der Waals surface area contributed by atoms with E-state index in [9.17, 15) is 5.11 Å². The van der Waals surface area contributed by atoms with Gasteiger partial charge in [0.05, 0.1) is 19.3 Å². The summed E-state index contributed by atoms with van der Waals surface area (Å²) in [5.74, 6) is 2.83. The van der Waals surface area contributed by atoms with Gasteiger partial charge in [-0.2, -0.15) is 5.10 Å². The van der Waals surface area contributed by atoms with Crippen molar-refractivity contribution in [3.05, 3.63) is 11.6 Å². The van der Waals surface area contributed by atoms with E-state index in [1.807, 2.05) is 4.68 Å². The smallest absolute Gasteiger partial charge is 0.154 e. The number of nitrogens with zero attached hydrogens (tertiary/aromatic N) is 3. The molecule has 3 atom stereocenters. The first-order valence-electron chi connectivity index (χ1n) is 8.56. The fraction of sp³-hybridized carbons (Fsp3) is 0.875. The minimum Gasteiger partial charge on any atom is -0.394 e. The maximum Gasteiger partial charge on any atom is 0.154 e. The molecule has 2 fully saturated rings. The highest BCUT2D eigenvalue weighted by molar-refractivity contribution is 5.08. The Morgan fingerprint density at radius 2 is 2.00 bits per heavy atom. The molecule has 0 bridgehead atoms. The van der Waals surface area contributed by atoms with Crippen molar-refractivity contribution in [3.63, 3.8) is 0 Å². The predicted octanol–water partition coefficient (Wildman–Crippen LogP) is 1.54. The lowest BCUT2D eigenvalue weighted by molar-refractivity contribution is 0.0454. The maximum atomic E-state index is 9.32. The quantitative estimate of drug-likeness (QED) is 0.861. The molecule has 0 aliphatic heterocycles. The fourth-order valence-corrected chi connectivity index (χ4v) is 3.95. The van der Waals surface area contributed by atoms with E-state index in [0.29, 0.717) is 18.4 Å². The van der Waals surface area contributed by atoms with Gasteiger partial charge in [0.1, 0.15) is 5.82 Å². The molecule has 22 heavy (non-hydrogen) atoms. The number of ether oxygens (including phenoxy) is 1. The van der Waals surface area contributed by atoms with Crippen molar-refractivity contribution in [1.29, 1.82) is 0 Å². The van der Waals surface area contributed by atoms with E-state index in [2.05, 4.69) is 0 Å². The third-order valence-electron chi connectivity index (χ3n) is 5.26. The van der Waals surface area contributed by atoms with Crippen LogP contribution in [0.25, 0.3) is 0 Å². The number of aromatic nitrogens is 3. The van der Waals surface area contributed by atoms with Crippen LogP contribution >= 0.6 is 0 Å². The summed E-state index contributed by atoms with van der Waals surface area (Å²) in [6, 6.07) is 0.116. The van der Waals surface area contributed by atoms with Gasteiger partial charge in [-0.05, 0) is 32.1 Å². The summed E-state index contributed by atoms with van der Waals surface area (Å²) < 4.78 is 7.45. The van der Waals surface area contributed by atoms with Gasteiger partial charge >= 0.3 is 0 Å². The van der Waals surface area contributed by atoms with E-state index in [1.54, 1.807) is 7.11 Å². The van der Waals surface area contributed by atoms with Crippen LogP contribution in [0.2, 0.25) is 0 Å². The number of hydrogen-bond acceptors (Lipinski definition) is 5. The number of hydrogen-bond donors (Lipinski definition) is 2. The Morgan fingerprint density at radius 1 is 1.23 bits per heavy atom. The van der Waals surface area contributed by atoms with Crippen LogP contribution in [0.15, 0.2) is 0 Å². The highest BCUT2D eigenvalue weighted by atomic mass is 16.5. The SMILES string of the molecule is CO[C@H]1C[C@@H](c2nc(C3CCCC3)nn2CCO)CC[C@@H]1N. The molecule has 6 heteroatoms. The van der Waals surface area contributed by atoms with Gasteiger partial charge in [-0.3, -0.25) is 0 Å². The van der Waals surface area contributed by atoms with E-state index in [0.717, 1.165) is 30.9 Å². The topological polar surface area (TPSA) is 86.2 Å². The summed E-state index contributed by atoms with van der Waals surface area (Å²) in [6.45, 7) is 0.621. The molecule has 1 aromatic heterocycles. The maximum absolute atomic E-state index is 9.32. The van der Waals surface area contributed by atoms with Gasteiger partial charge < -0.3 is 15.6 Å². The number of rotatable bonds is 5. The monoisotopic (exact) mass is 308 g/mol. The number of aliphatic hydroxyl groups is 1. The van der Waals surface area contributed by atoms with E-state index in [4.69, 9.17) is 20.6 Å². The third-order valence-corrected chi connectivity index (χ3v) is 5.26. The molecule has 1 aromatic rings. The van der Waals surface area contributed by atoms with Gasteiger partial charge in [0.25, 0.3) is 0 Å². The van der Waals surface area contributed by atoms with Crippen molar-refractivity contribution >= 4 is 0 Å². The highest BCUT2D eigenvalue weighted by Gasteiger charge is 2.33. The standard InChI is InChI=1S/C16H28N4O2/c1-22-14-10-12(6-7-13(14)17)16-18-15(11-4-2-3-5-11)19-20(16)8-9-21/h11-14,21H,2-10,17H2,1H3/t12-,13-,14-/m0/s1. The zero-order chi connectivity index (χ0) is 15.5. The van der Waals surface area contributed by atoms with E-state index < -0.39 is 0 Å². The molecule has 2 aliphatic carbocycles. The van der Waals surface area contributed by atoms with E-state index in [-0.39, 0.29) is 18.8 Å². The van der Waals surface area contributed by atoms with Gasteiger partial charge in [0.15, 0.2) is 5.82 Å². The lowest BCUT2D eigenvalue weighted by Crippen LogP contribution is -2.41. The van der Waals surface area contributed by atoms with Gasteiger partial charge in [0.2, 0.25) is 0 Å². The largest absolute Gasteiger partial charge is 0.394 e. The molecule has 6 nitrogen and oxygen atoms in total. The second-order valence-corrected chi connectivity index (χ2v) is 6.70. The fourth-order valence-electron chi connectivity index (χ4n) is 3.95. The molecule has 0 aromatic carbocycles. The normalized spacial score (nSPS) is 30.0. The Balaban J connectivity index is 1.81. The van der Waals surface area contributed by atoms with Crippen LogP contribution in [0.1, 0.15) is 68.4 Å². The molecule has 3 N–H and O–H groups in total. The molecule has 0 amide bonds. The Bertz CT molecular complexity index is 484. The summed E-state index contributed by atoms with van der Waals surface area (Å²) in [5.41, 5.74) is 6.12. The zero-order valence-corrected chi connectivity index (χ0v) is 13.4. The van der Waals surface area contributed by atoms with Crippen LogP contribution in [0.4, 0.5) is 0 Å². The van der Waals surface area contributed by atoms with Crippen molar-refractivity contribution in [3.8, 4) is 0 Å². The number of nitrogens with two attached hydrogens (primary N) is 1. The summed E-state index contributed by atoms with van der Waals surface area (Å²) in [5, 5.41) is 14.0. The Labute approximate surface area is 132 Å². The Morgan fingerprint density at radius 3 is 2.68 bits per heavy atom. The lowest BCUT2D eigenvalue weighted by Gasteiger charge is -2.32. The van der Waals surface area contributed by atoms with Gasteiger partial charge in [-0.15, -0.1) is 0 Å². The van der Waals surface area contributed by atoms with Crippen molar-refractivity contribution in [2.45, 2.75) is 75.5 Å².